The van der Waals surface area contributed by atoms with Crippen LogP contribution in [-0.4, -0.2) is 55.5 Å². The molecule has 3 aliphatic rings. The van der Waals surface area contributed by atoms with Crippen molar-refractivity contribution in [3.63, 3.8) is 0 Å². The van der Waals surface area contributed by atoms with Crippen LogP contribution in [0.3, 0.4) is 0 Å². The molecule has 0 spiro atoms. The zero-order valence-corrected chi connectivity index (χ0v) is 19.6. The summed E-state index contributed by atoms with van der Waals surface area (Å²) in [5.74, 6) is -0.629. The van der Waals surface area contributed by atoms with Gasteiger partial charge in [0.15, 0.2) is 0 Å². The monoisotopic (exact) mass is 459 g/mol. The minimum Gasteiger partial charge on any atom is -0.545 e. The third kappa shape index (κ3) is 4.51. The van der Waals surface area contributed by atoms with Crippen molar-refractivity contribution in [3.8, 4) is 0 Å². The third-order valence-corrected chi connectivity index (χ3v) is 8.54. The van der Waals surface area contributed by atoms with Gasteiger partial charge in [0.2, 0.25) is 0 Å². The Morgan fingerprint density at radius 2 is 1.79 bits per heavy atom. The smallest absolute Gasteiger partial charge is 0.545 e. The molecule has 1 aromatic heterocycles. The Kier molecular flexibility index (Phi) is 7.03. The minimum absolute atomic E-state index is 0. The summed E-state index contributed by atoms with van der Waals surface area (Å²) in [7, 11) is -3.86. The second-order valence-corrected chi connectivity index (χ2v) is 10.5. The molecule has 0 unspecified atom stereocenters. The molecule has 168 valence electrons. The van der Waals surface area contributed by atoms with E-state index in [0.717, 1.165) is 6.54 Å². The molecular weight excluding hydrogens is 433 g/mol. The van der Waals surface area contributed by atoms with Gasteiger partial charge in [-0.2, -0.15) is 0 Å². The number of piperidine rings is 3. The summed E-state index contributed by atoms with van der Waals surface area (Å²) in [6.07, 6.45) is 4.52. The second-order valence-electron chi connectivity index (χ2n) is 8.70. The van der Waals surface area contributed by atoms with E-state index in [2.05, 4.69) is 10.2 Å². The number of aromatic carboxylic acids is 1. The molecule has 3 aliphatic heterocycles. The van der Waals surface area contributed by atoms with Crippen molar-refractivity contribution < 1.29 is 37.2 Å². The van der Waals surface area contributed by atoms with Crippen molar-refractivity contribution in [2.24, 2.45) is 5.92 Å². The molecule has 0 amide bonds. The molecule has 1 atom stereocenters. The molecular formula is C24H26LiN3O4S. The van der Waals surface area contributed by atoms with Crippen LogP contribution in [0.2, 0.25) is 0 Å². The van der Waals surface area contributed by atoms with Crippen LogP contribution in [0.4, 0.5) is 0 Å². The quantitative estimate of drug-likeness (QED) is 0.431. The first-order valence-electron chi connectivity index (χ1n) is 11.1. The predicted octanol–water partition coefficient (Wildman–Crippen LogP) is -1.53. The van der Waals surface area contributed by atoms with Crippen LogP contribution in [0.5, 0.6) is 0 Å². The van der Waals surface area contributed by atoms with Crippen molar-refractivity contribution >= 4 is 26.9 Å². The summed E-state index contributed by atoms with van der Waals surface area (Å²) in [5.41, 5.74) is 1.06. The Labute approximate surface area is 206 Å². The van der Waals surface area contributed by atoms with Gasteiger partial charge >= 0.3 is 18.9 Å². The minimum atomic E-state index is -3.86. The number of carbonyl (C=O) groups excluding carboxylic acids is 1. The number of hydrogen-bond donors (Lipinski definition) is 1. The van der Waals surface area contributed by atoms with Gasteiger partial charge in [0, 0.05) is 29.7 Å². The largest absolute Gasteiger partial charge is 1.00 e. The van der Waals surface area contributed by atoms with Gasteiger partial charge in [-0.15, -0.1) is 0 Å². The number of nitrogens with zero attached hydrogens (tertiary/aromatic N) is 2. The maximum absolute atomic E-state index is 13.3. The van der Waals surface area contributed by atoms with E-state index < -0.39 is 16.0 Å². The normalized spacial score (nSPS) is 22.2. The van der Waals surface area contributed by atoms with Crippen LogP contribution in [0.25, 0.3) is 10.9 Å². The summed E-state index contributed by atoms with van der Waals surface area (Å²) in [5, 5.41) is 15.9. The zero-order chi connectivity index (χ0) is 22.3. The molecule has 3 saturated heterocycles. The molecule has 0 aliphatic carbocycles. The Bertz CT molecular complexity index is 1250. The van der Waals surface area contributed by atoms with Crippen molar-refractivity contribution in [1.29, 1.82) is 0 Å². The van der Waals surface area contributed by atoms with Crippen LogP contribution in [0, 0.1) is 5.92 Å². The van der Waals surface area contributed by atoms with Gasteiger partial charge in [0.1, 0.15) is 0 Å². The topological polar surface area (TPSA) is 94.5 Å². The fourth-order valence-electron chi connectivity index (χ4n) is 5.19. The number of benzene rings is 2. The molecule has 0 saturated carbocycles. The molecule has 7 nitrogen and oxygen atoms in total. The van der Waals surface area contributed by atoms with Gasteiger partial charge in [-0.1, -0.05) is 30.3 Å². The van der Waals surface area contributed by atoms with Crippen molar-refractivity contribution in [1.82, 2.24) is 14.2 Å². The maximum atomic E-state index is 13.3. The number of hydrogen-bond acceptors (Lipinski definition) is 6. The Hall–Kier alpha value is -2.08. The predicted molar refractivity (Wildman–Crippen MR) is 120 cm³/mol. The van der Waals surface area contributed by atoms with E-state index >= 15 is 0 Å². The summed E-state index contributed by atoms with van der Waals surface area (Å²) in [6, 6.07) is 13.3. The zero-order valence-electron chi connectivity index (χ0n) is 18.7. The van der Waals surface area contributed by atoms with Crippen LogP contribution in [-0.2, 0) is 16.4 Å². The molecule has 3 aromatic rings. The van der Waals surface area contributed by atoms with Crippen molar-refractivity contribution in [3.05, 3.63) is 65.9 Å². The number of carboxylic acids is 1. The Morgan fingerprint density at radius 1 is 1.06 bits per heavy atom. The van der Waals surface area contributed by atoms with E-state index in [0.29, 0.717) is 41.4 Å². The first-order valence-corrected chi connectivity index (χ1v) is 12.5. The fourth-order valence-corrected chi connectivity index (χ4v) is 6.60. The SMILES string of the molecule is O=C([O-])c1cccc2c1c(CCN[C@@H]1CN3CCC1CC3)cn2S(=O)(=O)c1ccccc1.[Li+]. The van der Waals surface area contributed by atoms with Gasteiger partial charge in [0.05, 0.1) is 16.4 Å². The molecule has 0 radical (unpaired) electrons. The summed E-state index contributed by atoms with van der Waals surface area (Å²) < 4.78 is 27.9. The number of nitrogens with one attached hydrogen (secondary N) is 1. The summed E-state index contributed by atoms with van der Waals surface area (Å²) >= 11 is 0. The van der Waals surface area contributed by atoms with E-state index in [-0.39, 0.29) is 29.3 Å². The number of rotatable bonds is 7. The Morgan fingerprint density at radius 3 is 2.42 bits per heavy atom. The number of carbonyl (C=O) groups is 1. The van der Waals surface area contributed by atoms with Crippen LogP contribution in [0.15, 0.2) is 59.6 Å². The summed E-state index contributed by atoms with van der Waals surface area (Å²) in [4.78, 5) is 14.4. The van der Waals surface area contributed by atoms with Gasteiger partial charge in [-0.3, -0.25) is 0 Å². The molecule has 4 heterocycles. The van der Waals surface area contributed by atoms with Crippen LogP contribution in [0.1, 0.15) is 28.8 Å². The standard InChI is InChI=1S/C24H27N3O4S.Li/c28-24(29)20-7-4-8-22-23(20)18(9-12-25-21-16-26-13-10-17(21)11-14-26)15-27(22)32(30,31)19-5-2-1-3-6-19;/h1-8,15,17,21,25H,9-14,16H2,(H,28,29);/q;+1/p-1/t21-;/m1./s1. The fraction of sp³-hybridized carbons (Fsp3) is 0.375. The van der Waals surface area contributed by atoms with Gasteiger partial charge in [-0.05, 0) is 68.6 Å². The van der Waals surface area contributed by atoms with Crippen molar-refractivity contribution in [2.45, 2.75) is 30.2 Å². The van der Waals surface area contributed by atoms with Crippen LogP contribution < -0.4 is 29.3 Å². The van der Waals surface area contributed by atoms with E-state index in [9.17, 15) is 18.3 Å². The molecule has 9 heteroatoms. The number of aromatic nitrogens is 1. The van der Waals surface area contributed by atoms with Gasteiger partial charge < -0.3 is 20.1 Å². The molecule has 2 aromatic carbocycles. The average molecular weight is 459 g/mol. The molecule has 2 bridgehead atoms. The van der Waals surface area contributed by atoms with Gasteiger partial charge in [-0.25, -0.2) is 12.4 Å². The number of fused-ring (bicyclic) bond motifs is 4. The van der Waals surface area contributed by atoms with E-state index in [1.165, 1.54) is 36.0 Å². The van der Waals surface area contributed by atoms with Crippen LogP contribution >= 0.6 is 0 Å². The molecule has 1 N–H and O–H groups in total. The summed E-state index contributed by atoms with van der Waals surface area (Å²) in [6.45, 7) is 4.03. The van der Waals surface area contributed by atoms with E-state index in [1.54, 1.807) is 48.7 Å². The number of carboxylic acid groups (broad SMARTS) is 1. The molecule has 3 fully saturated rings. The van der Waals surface area contributed by atoms with Gasteiger partial charge in [0.25, 0.3) is 10.0 Å². The van der Waals surface area contributed by atoms with E-state index in [4.69, 9.17) is 0 Å². The third-order valence-electron chi connectivity index (χ3n) is 6.85. The molecule has 33 heavy (non-hydrogen) atoms. The average Bonchev–Trinajstić information content (AvgIpc) is 3.20. The first-order chi connectivity index (χ1) is 15.4. The maximum Gasteiger partial charge on any atom is 1.00 e. The van der Waals surface area contributed by atoms with Crippen molar-refractivity contribution in [2.75, 3.05) is 26.2 Å². The Balaban J connectivity index is 0.00000259. The first kappa shape index (κ1) is 24.1. The van der Waals surface area contributed by atoms with E-state index in [1.807, 2.05) is 0 Å². The second kappa shape index (κ2) is 9.65. The molecule has 6 rings (SSSR count).